The van der Waals surface area contributed by atoms with Crippen LogP contribution in [0.2, 0.25) is 0 Å². The highest BCUT2D eigenvalue weighted by Crippen LogP contribution is 2.67. The van der Waals surface area contributed by atoms with E-state index in [0.717, 1.165) is 66.3 Å². The van der Waals surface area contributed by atoms with Crippen LogP contribution in [-0.2, 0) is 38.0 Å². The van der Waals surface area contributed by atoms with Gasteiger partial charge in [0.05, 0.1) is 24.4 Å². The smallest absolute Gasteiger partial charge is 0.174 e. The molecule has 2 unspecified atom stereocenters. The number of hydrogen-bond acceptors (Lipinski definition) is 8. The minimum absolute atomic E-state index is 0.0684. The van der Waals surface area contributed by atoms with Crippen LogP contribution in [0, 0.1) is 19.1 Å². The van der Waals surface area contributed by atoms with E-state index in [9.17, 15) is 19.9 Å². The number of Topliss-reactive ketones (excluding diaryl/α,β-unsaturated/α-hetero) is 2. The Balaban J connectivity index is 0.000000118. The molecule has 2 saturated carbocycles. The molecule has 5 aliphatic heterocycles. The first kappa shape index (κ1) is 27.3. The van der Waals surface area contributed by atoms with Crippen LogP contribution in [0.4, 0.5) is 0 Å². The first-order valence-electron chi connectivity index (χ1n) is 16.8. The van der Waals surface area contributed by atoms with E-state index >= 15 is 0 Å². The number of carbonyl (C=O) groups excluding carboxylic acids is 2. The number of nitrogens with zero attached hydrogens (tertiary/aromatic N) is 2. The third-order valence-electron chi connectivity index (χ3n) is 14.0. The van der Waals surface area contributed by atoms with E-state index in [1.807, 2.05) is 13.0 Å². The van der Waals surface area contributed by atoms with Gasteiger partial charge in [-0.2, -0.15) is 0 Å². The number of quaternary nitrogens is 1. The molecular weight excluding hydrogens is 572 g/mol. The average molecular weight is 613 g/mol. The quantitative estimate of drug-likeness (QED) is 0.358. The van der Waals surface area contributed by atoms with Crippen molar-refractivity contribution in [3.63, 3.8) is 0 Å². The van der Waals surface area contributed by atoms with Crippen LogP contribution >= 0.6 is 0 Å². The van der Waals surface area contributed by atoms with Gasteiger partial charge in [0, 0.05) is 49.4 Å². The maximum atomic E-state index is 13.1. The van der Waals surface area contributed by atoms with Gasteiger partial charge in [-0.15, -0.1) is 0 Å². The molecule has 3 saturated heterocycles. The third kappa shape index (κ3) is 2.80. The lowest BCUT2D eigenvalue weighted by Gasteiger charge is -2.65. The largest absolute Gasteiger partial charge is 0.633 e. The number of hydroxylamine groups is 3. The monoisotopic (exact) mass is 612 g/mol. The first-order valence-corrected chi connectivity index (χ1v) is 16.8. The van der Waals surface area contributed by atoms with E-state index in [-0.39, 0.29) is 28.7 Å². The summed E-state index contributed by atoms with van der Waals surface area (Å²) >= 11 is 0. The molecule has 5 heterocycles. The van der Waals surface area contributed by atoms with Crippen molar-refractivity contribution in [3.8, 4) is 11.5 Å². The Morgan fingerprint density at radius 2 is 1.49 bits per heavy atom. The zero-order valence-corrected chi connectivity index (χ0v) is 26.2. The Morgan fingerprint density at radius 3 is 2.20 bits per heavy atom. The number of likely N-dealkylation sites (tertiary alicyclic amines) is 1. The summed E-state index contributed by atoms with van der Waals surface area (Å²) in [5.74, 6) is 2.11. The number of benzene rings is 2. The molecule has 0 amide bonds. The van der Waals surface area contributed by atoms with Gasteiger partial charge in [-0.25, -0.2) is 0 Å². The minimum Gasteiger partial charge on any atom is -0.633 e. The van der Waals surface area contributed by atoms with Crippen LogP contribution < -0.4 is 9.47 Å². The number of piperidine rings is 2. The van der Waals surface area contributed by atoms with Crippen molar-refractivity contribution >= 4 is 11.6 Å². The van der Waals surface area contributed by atoms with Gasteiger partial charge < -0.3 is 29.2 Å². The number of hydrogen-bond donors (Lipinski definition) is 1. The average Bonchev–Trinajstić information content (AvgIpc) is 3.63. The lowest BCUT2D eigenvalue weighted by Crippen LogP contribution is -2.79. The fourth-order valence-corrected chi connectivity index (χ4v) is 12.0. The van der Waals surface area contributed by atoms with Gasteiger partial charge in [-0.3, -0.25) is 14.5 Å². The Labute approximate surface area is 262 Å². The second-order valence-corrected chi connectivity index (χ2v) is 15.6. The van der Waals surface area contributed by atoms with Crippen LogP contribution in [0.3, 0.4) is 0 Å². The minimum atomic E-state index is -1.15. The molecule has 1 N–H and O–H groups in total. The van der Waals surface area contributed by atoms with Crippen molar-refractivity contribution in [1.29, 1.82) is 0 Å². The molecule has 2 aromatic carbocycles. The van der Waals surface area contributed by atoms with Crippen molar-refractivity contribution in [2.24, 2.45) is 0 Å². The Morgan fingerprint density at radius 1 is 0.867 bits per heavy atom. The van der Waals surface area contributed by atoms with Gasteiger partial charge in [0.15, 0.2) is 23.8 Å². The highest BCUT2D eigenvalue weighted by molar-refractivity contribution is 5.90. The molecule has 11 rings (SSSR count). The summed E-state index contributed by atoms with van der Waals surface area (Å²) in [7, 11) is 1.66. The first-order chi connectivity index (χ1) is 21.5. The predicted molar refractivity (Wildman–Crippen MR) is 162 cm³/mol. The van der Waals surface area contributed by atoms with E-state index in [1.54, 1.807) is 7.05 Å². The molecule has 4 aliphatic carbocycles. The van der Waals surface area contributed by atoms with Crippen LogP contribution in [0.15, 0.2) is 24.3 Å². The number of carbonyl (C=O) groups is 2. The Kier molecular flexibility index (Phi) is 4.96. The van der Waals surface area contributed by atoms with Crippen molar-refractivity contribution in [1.82, 2.24) is 4.90 Å². The maximum Gasteiger partial charge on any atom is 0.174 e. The highest BCUT2D eigenvalue weighted by Gasteiger charge is 2.77. The number of rotatable bonds is 0. The van der Waals surface area contributed by atoms with E-state index in [4.69, 9.17) is 14.2 Å². The molecule has 9 nitrogen and oxygen atoms in total. The lowest BCUT2D eigenvalue weighted by molar-refractivity contribution is -0.904. The molecule has 10 atom stereocenters. The topological polar surface area (TPSA) is 108 Å². The van der Waals surface area contributed by atoms with Gasteiger partial charge in [-0.1, -0.05) is 24.3 Å². The van der Waals surface area contributed by atoms with E-state index in [1.165, 1.54) is 11.1 Å². The summed E-state index contributed by atoms with van der Waals surface area (Å²) in [6.07, 6.45) is 4.28. The molecule has 3 spiro atoms. The highest BCUT2D eigenvalue weighted by atomic mass is 16.6. The van der Waals surface area contributed by atoms with Crippen molar-refractivity contribution in [3.05, 3.63) is 62.9 Å². The van der Waals surface area contributed by atoms with Crippen molar-refractivity contribution in [2.75, 3.05) is 26.9 Å². The fraction of sp³-hybridized carbons (Fsp3) is 0.611. The Hall–Kier alpha value is -2.82. The standard InChI is InChI=1S/C18H21NO4.C18H19NO3/c1-10-3-4-11-9-13-18(21)6-5-12(20)16-17(18,7-8-19(13,2)22)14(11)15(10)23-16;1-10-2-3-11-8-13-18-5-4-12(20)16-17(18,14(11)15(10)22-16)6-7-19(13)9-21-18/h3-4,13,16,21H,5-9H2,1-2H3;2-3,13,16H,4-9H2,1H3/t13-,16+,17+,18-,19?;13-,16+,17+,18-/m11/s1. The summed E-state index contributed by atoms with van der Waals surface area (Å²) in [5.41, 5.74) is 4.68. The van der Waals surface area contributed by atoms with Gasteiger partial charge in [0.1, 0.15) is 35.5 Å². The van der Waals surface area contributed by atoms with Crippen LogP contribution in [0.1, 0.15) is 71.9 Å². The number of ketones is 2. The van der Waals surface area contributed by atoms with Crippen LogP contribution in [0.25, 0.3) is 0 Å². The van der Waals surface area contributed by atoms with Crippen molar-refractivity contribution in [2.45, 2.75) is 112 Å². The number of likely N-dealkylation sites (N-methyl/N-ethyl adjacent to an activating group) is 1. The molecular formula is C36H40N2O7. The molecule has 5 fully saturated rings. The molecule has 45 heavy (non-hydrogen) atoms. The summed E-state index contributed by atoms with van der Waals surface area (Å²) < 4.78 is 18.5. The predicted octanol–water partition coefficient (Wildman–Crippen LogP) is 3.07. The summed E-state index contributed by atoms with van der Waals surface area (Å²) in [5, 5.41) is 24.8. The van der Waals surface area contributed by atoms with Gasteiger partial charge >= 0.3 is 0 Å². The van der Waals surface area contributed by atoms with Gasteiger partial charge in [-0.05, 0) is 61.8 Å². The number of aliphatic hydroxyl groups is 1. The molecule has 9 heteroatoms. The molecule has 9 aliphatic rings. The zero-order chi connectivity index (χ0) is 30.9. The van der Waals surface area contributed by atoms with E-state index < -0.39 is 27.8 Å². The summed E-state index contributed by atoms with van der Waals surface area (Å²) in [4.78, 5) is 27.8. The second-order valence-electron chi connectivity index (χ2n) is 15.6. The normalized spacial score (nSPS) is 46.4. The van der Waals surface area contributed by atoms with Crippen LogP contribution in [0.5, 0.6) is 11.5 Å². The third-order valence-corrected chi connectivity index (χ3v) is 14.0. The van der Waals surface area contributed by atoms with Crippen molar-refractivity contribution < 1.29 is 33.6 Å². The second kappa shape index (κ2) is 8.17. The molecule has 6 bridgehead atoms. The van der Waals surface area contributed by atoms with Gasteiger partial charge in [0.25, 0.3) is 0 Å². The maximum absolute atomic E-state index is 13.1. The molecule has 2 aromatic rings. The summed E-state index contributed by atoms with van der Waals surface area (Å²) in [6, 6.07) is 8.46. The summed E-state index contributed by atoms with van der Waals surface area (Å²) in [6.45, 7) is 6.24. The fourth-order valence-electron chi connectivity index (χ4n) is 12.0. The Bertz CT molecular complexity index is 1750. The SMILES string of the molecule is Cc1ccc2c3c1O[C@H]1C(=O)CC[C@@]4(O)[C@@H](C2)[N+](C)([O-])CC[C@]314.Cc1ccc2c3c1O[C@H]1C(=O)CC[C@]45OCN(CC[C@]314)[C@@H]5C2. The number of ether oxygens (including phenoxy) is 3. The molecule has 0 radical (unpaired) electrons. The lowest BCUT2D eigenvalue weighted by atomic mass is 9.49. The molecule has 236 valence electrons. The van der Waals surface area contributed by atoms with E-state index in [2.05, 4.69) is 30.0 Å². The zero-order valence-electron chi connectivity index (χ0n) is 26.2. The van der Waals surface area contributed by atoms with E-state index in [0.29, 0.717) is 44.7 Å². The van der Waals surface area contributed by atoms with Crippen LogP contribution in [-0.4, -0.2) is 88.6 Å². The van der Waals surface area contributed by atoms with Gasteiger partial charge in [0.2, 0.25) is 0 Å². The molecule has 0 aromatic heterocycles. The number of aryl methyl sites for hydroxylation is 2.